The quantitative estimate of drug-likeness (QED) is 0.757. The van der Waals surface area contributed by atoms with Crippen molar-refractivity contribution in [3.8, 4) is 0 Å². The molecule has 1 aromatic rings. The molecule has 1 unspecified atom stereocenters. The van der Waals surface area contributed by atoms with Gasteiger partial charge in [0.1, 0.15) is 0 Å². The minimum atomic E-state index is -3.59. The van der Waals surface area contributed by atoms with E-state index in [0.29, 0.717) is 17.5 Å². The maximum Gasteiger partial charge on any atom is 0.338 e. The van der Waals surface area contributed by atoms with Crippen molar-refractivity contribution in [1.29, 1.82) is 0 Å². The minimum Gasteiger partial charge on any atom is -0.465 e. The van der Waals surface area contributed by atoms with Crippen LogP contribution < -0.4 is 10.5 Å². The summed E-state index contributed by atoms with van der Waals surface area (Å²) in [5, 5.41) is 0. The molecule has 1 atom stereocenters. The van der Waals surface area contributed by atoms with Crippen LogP contribution in [0.1, 0.15) is 29.3 Å². The van der Waals surface area contributed by atoms with Crippen LogP contribution in [0.5, 0.6) is 0 Å². The third kappa shape index (κ3) is 4.29. The number of hydrogen-bond donors (Lipinski definition) is 2. The van der Waals surface area contributed by atoms with Gasteiger partial charge in [-0.3, -0.25) is 0 Å². The Balaban J connectivity index is 2.91. The summed E-state index contributed by atoms with van der Waals surface area (Å²) in [5.74, 6) is -0.489. The van der Waals surface area contributed by atoms with Gasteiger partial charge in [0.2, 0.25) is 10.0 Å². The summed E-state index contributed by atoms with van der Waals surface area (Å²) < 4.78 is 31.2. The van der Waals surface area contributed by atoms with Gasteiger partial charge in [-0.05, 0) is 44.0 Å². The van der Waals surface area contributed by atoms with Crippen LogP contribution in [-0.4, -0.2) is 34.1 Å². The fraction of sp³-hybridized carbons (Fsp3) is 0.462. The summed E-state index contributed by atoms with van der Waals surface area (Å²) in [6, 6.07) is 4.20. The fourth-order valence-electron chi connectivity index (χ4n) is 1.65. The summed E-state index contributed by atoms with van der Waals surface area (Å²) >= 11 is 0. The Morgan fingerprint density at radius 1 is 1.45 bits per heavy atom. The zero-order valence-electron chi connectivity index (χ0n) is 11.8. The molecule has 0 aliphatic heterocycles. The van der Waals surface area contributed by atoms with Crippen LogP contribution in [0.25, 0.3) is 0 Å². The van der Waals surface area contributed by atoms with Crippen molar-refractivity contribution in [2.24, 2.45) is 5.73 Å². The monoisotopic (exact) mass is 300 g/mol. The van der Waals surface area contributed by atoms with Crippen molar-refractivity contribution in [2.45, 2.75) is 31.2 Å². The summed E-state index contributed by atoms with van der Waals surface area (Å²) in [6.07, 6.45) is 0.554. The Hall–Kier alpha value is -1.44. The second-order valence-corrected chi connectivity index (χ2v) is 6.40. The standard InChI is InChI=1S/C13H20N2O4S/c1-9-8-11(4-5-12(9)13(16)19-3)20(17,18)15-7-6-10(2)14/h4-5,8,10,15H,6-7,14H2,1-3H3. The summed E-state index contributed by atoms with van der Waals surface area (Å²) in [7, 11) is -2.31. The summed E-state index contributed by atoms with van der Waals surface area (Å²) in [4.78, 5) is 11.6. The molecule has 0 spiro atoms. The van der Waals surface area contributed by atoms with Crippen molar-refractivity contribution in [3.05, 3.63) is 29.3 Å². The third-order valence-corrected chi connectivity index (χ3v) is 4.26. The first kappa shape index (κ1) is 16.6. The van der Waals surface area contributed by atoms with Gasteiger partial charge in [0, 0.05) is 12.6 Å². The van der Waals surface area contributed by atoms with Crippen molar-refractivity contribution >= 4 is 16.0 Å². The lowest BCUT2D eigenvalue weighted by atomic mass is 10.1. The third-order valence-electron chi connectivity index (χ3n) is 2.81. The van der Waals surface area contributed by atoms with Crippen LogP contribution in [0.3, 0.4) is 0 Å². The van der Waals surface area contributed by atoms with Gasteiger partial charge >= 0.3 is 5.97 Å². The van der Waals surface area contributed by atoms with E-state index in [9.17, 15) is 13.2 Å². The number of carbonyl (C=O) groups excluding carboxylic acids is 1. The number of aryl methyl sites for hydroxylation is 1. The van der Waals surface area contributed by atoms with Crippen LogP contribution in [0.15, 0.2) is 23.1 Å². The number of carbonyl (C=O) groups is 1. The van der Waals surface area contributed by atoms with E-state index in [1.807, 2.05) is 6.92 Å². The Labute approximate surface area is 119 Å². The van der Waals surface area contributed by atoms with Gasteiger partial charge in [-0.2, -0.15) is 0 Å². The Morgan fingerprint density at radius 2 is 2.10 bits per heavy atom. The predicted molar refractivity (Wildman–Crippen MR) is 76.0 cm³/mol. The van der Waals surface area contributed by atoms with Gasteiger partial charge in [0.15, 0.2) is 0 Å². The van der Waals surface area contributed by atoms with E-state index < -0.39 is 16.0 Å². The SMILES string of the molecule is COC(=O)c1ccc(S(=O)(=O)NCCC(C)N)cc1C. The Bertz CT molecular complexity index is 582. The van der Waals surface area contributed by atoms with Crippen molar-refractivity contribution < 1.29 is 17.9 Å². The van der Waals surface area contributed by atoms with Crippen molar-refractivity contribution in [1.82, 2.24) is 4.72 Å². The molecule has 0 fully saturated rings. The van der Waals surface area contributed by atoms with Gasteiger partial charge in [-0.1, -0.05) is 0 Å². The first-order chi connectivity index (χ1) is 9.27. The smallest absolute Gasteiger partial charge is 0.338 e. The number of nitrogens with two attached hydrogens (primary N) is 1. The van der Waals surface area contributed by atoms with Crippen LogP contribution in [0.4, 0.5) is 0 Å². The van der Waals surface area contributed by atoms with E-state index in [1.165, 1.54) is 25.3 Å². The van der Waals surface area contributed by atoms with Gasteiger partial charge < -0.3 is 10.5 Å². The molecule has 0 heterocycles. The number of ether oxygens (including phenoxy) is 1. The molecule has 0 radical (unpaired) electrons. The molecule has 0 bridgehead atoms. The number of methoxy groups -OCH3 is 1. The van der Waals surface area contributed by atoms with Crippen molar-refractivity contribution in [3.63, 3.8) is 0 Å². The lowest BCUT2D eigenvalue weighted by Gasteiger charge is -2.10. The highest BCUT2D eigenvalue weighted by molar-refractivity contribution is 7.89. The number of sulfonamides is 1. The summed E-state index contributed by atoms with van der Waals surface area (Å²) in [6.45, 7) is 3.74. The Kier molecular flexibility index (Phi) is 5.67. The molecule has 0 aliphatic rings. The largest absolute Gasteiger partial charge is 0.465 e. The molecule has 0 saturated carbocycles. The molecule has 1 aromatic carbocycles. The van der Waals surface area contributed by atoms with E-state index in [4.69, 9.17) is 5.73 Å². The molecule has 112 valence electrons. The minimum absolute atomic E-state index is 0.0684. The first-order valence-corrected chi connectivity index (χ1v) is 7.70. The van der Waals surface area contributed by atoms with Gasteiger partial charge in [0.25, 0.3) is 0 Å². The zero-order chi connectivity index (χ0) is 15.3. The lowest BCUT2D eigenvalue weighted by Crippen LogP contribution is -2.29. The molecule has 0 amide bonds. The van der Waals surface area contributed by atoms with E-state index in [1.54, 1.807) is 6.92 Å². The molecule has 1 rings (SSSR count). The van der Waals surface area contributed by atoms with E-state index in [-0.39, 0.29) is 17.5 Å². The molecule has 0 saturated heterocycles. The number of nitrogens with one attached hydrogen (secondary N) is 1. The molecule has 3 N–H and O–H groups in total. The zero-order valence-corrected chi connectivity index (χ0v) is 12.7. The van der Waals surface area contributed by atoms with Gasteiger partial charge in [-0.25, -0.2) is 17.9 Å². The average molecular weight is 300 g/mol. The molecule has 20 heavy (non-hydrogen) atoms. The second kappa shape index (κ2) is 6.83. The maximum absolute atomic E-state index is 12.0. The second-order valence-electron chi connectivity index (χ2n) is 4.63. The number of hydrogen-bond acceptors (Lipinski definition) is 5. The van der Waals surface area contributed by atoms with Crippen LogP contribution in [-0.2, 0) is 14.8 Å². The molecule has 6 nitrogen and oxygen atoms in total. The van der Waals surface area contributed by atoms with Gasteiger partial charge in [-0.15, -0.1) is 0 Å². The maximum atomic E-state index is 12.0. The van der Waals surface area contributed by atoms with E-state index in [2.05, 4.69) is 9.46 Å². The van der Waals surface area contributed by atoms with Crippen LogP contribution >= 0.6 is 0 Å². The number of rotatable bonds is 6. The number of benzene rings is 1. The Morgan fingerprint density at radius 3 is 2.60 bits per heavy atom. The molecule has 7 heteroatoms. The summed E-state index contributed by atoms with van der Waals surface area (Å²) in [5.41, 5.74) is 6.46. The molecular weight excluding hydrogens is 280 g/mol. The van der Waals surface area contributed by atoms with E-state index >= 15 is 0 Å². The van der Waals surface area contributed by atoms with E-state index in [0.717, 1.165) is 0 Å². The van der Waals surface area contributed by atoms with Gasteiger partial charge in [0.05, 0.1) is 17.6 Å². The average Bonchev–Trinajstić information content (AvgIpc) is 2.37. The topological polar surface area (TPSA) is 98.5 Å². The molecule has 0 aromatic heterocycles. The van der Waals surface area contributed by atoms with Crippen LogP contribution in [0.2, 0.25) is 0 Å². The predicted octanol–water partition coefficient (Wildman–Crippen LogP) is 0.797. The van der Waals surface area contributed by atoms with Crippen LogP contribution in [0, 0.1) is 6.92 Å². The first-order valence-electron chi connectivity index (χ1n) is 6.22. The lowest BCUT2D eigenvalue weighted by molar-refractivity contribution is 0.0600. The highest BCUT2D eigenvalue weighted by Crippen LogP contribution is 2.16. The fourth-order valence-corrected chi connectivity index (χ4v) is 2.78. The normalized spacial score (nSPS) is 13.0. The number of esters is 1. The molecule has 0 aliphatic carbocycles. The molecular formula is C13H20N2O4S. The van der Waals surface area contributed by atoms with Crippen molar-refractivity contribution in [2.75, 3.05) is 13.7 Å². The highest BCUT2D eigenvalue weighted by Gasteiger charge is 2.17. The highest BCUT2D eigenvalue weighted by atomic mass is 32.2.